The van der Waals surface area contributed by atoms with Gasteiger partial charge < -0.3 is 10.4 Å². The second kappa shape index (κ2) is 9.44. The topological polar surface area (TPSA) is 136 Å². The number of thioether (sulfide) groups is 1. The maximum atomic E-state index is 12.0. The van der Waals surface area contributed by atoms with Gasteiger partial charge in [0.1, 0.15) is 0 Å². The molecule has 184 valence electrons. The molecule has 0 aromatic heterocycles. The number of halogens is 1. The van der Waals surface area contributed by atoms with Gasteiger partial charge in [0.25, 0.3) is 11.4 Å². The molecule has 0 spiro atoms. The summed E-state index contributed by atoms with van der Waals surface area (Å²) >= 11 is 8.40. The van der Waals surface area contributed by atoms with Crippen molar-refractivity contribution in [1.82, 2.24) is 0 Å². The highest BCUT2D eigenvalue weighted by Gasteiger charge is 2.51. The van der Waals surface area contributed by atoms with Crippen LogP contribution in [0.15, 0.2) is 71.6 Å². The molecule has 0 saturated heterocycles. The SMILES string of the molecule is O=C(O)c1cccc2c1N[C@@H](c1cccc([N+](=O)[O-])c1)[C@@H]1C[C@H](Sc3ccccc3[N+](=O)[O-])[C@@H](Cl)[C@@H]21. The van der Waals surface area contributed by atoms with E-state index in [1.165, 1.54) is 36.0 Å². The molecule has 1 aliphatic heterocycles. The number of hydrogen-bond donors (Lipinski definition) is 2. The summed E-state index contributed by atoms with van der Waals surface area (Å²) in [5, 5.41) is 35.5. The molecule has 5 rings (SSSR count). The van der Waals surface area contributed by atoms with E-state index in [-0.39, 0.29) is 34.0 Å². The van der Waals surface area contributed by atoms with E-state index >= 15 is 0 Å². The Morgan fingerprint density at radius 2 is 1.78 bits per heavy atom. The first-order valence-corrected chi connectivity index (χ1v) is 12.5. The number of aromatic carboxylic acids is 1. The van der Waals surface area contributed by atoms with E-state index in [0.717, 1.165) is 5.56 Å². The van der Waals surface area contributed by atoms with Crippen molar-refractivity contribution in [1.29, 1.82) is 0 Å². The zero-order chi connectivity index (χ0) is 25.6. The maximum Gasteiger partial charge on any atom is 0.337 e. The molecular weight excluding hydrogens is 506 g/mol. The number of nitrogens with one attached hydrogen (secondary N) is 1. The standard InChI is InChI=1S/C25H20ClN3O6S/c26-22-20(36-19-10-2-1-9-18(19)29(34)35)12-17-21(22)15-7-4-8-16(25(30)31)24(15)27-23(17)13-5-3-6-14(11-13)28(32)33/h1-11,17,20-23,27H,12H2,(H,30,31)/t17-,20+,21+,22-,23+/m1/s1. The predicted octanol–water partition coefficient (Wildman–Crippen LogP) is 6.24. The molecule has 1 heterocycles. The fourth-order valence-corrected chi connectivity index (χ4v) is 7.30. The number of non-ortho nitro benzene ring substituents is 1. The Kier molecular flexibility index (Phi) is 6.31. The predicted molar refractivity (Wildman–Crippen MR) is 136 cm³/mol. The number of carbonyl (C=O) groups is 1. The van der Waals surface area contributed by atoms with Gasteiger partial charge in [0.15, 0.2) is 0 Å². The molecule has 0 bridgehead atoms. The average molecular weight is 526 g/mol. The lowest BCUT2D eigenvalue weighted by Crippen LogP contribution is -2.32. The third-order valence-electron chi connectivity index (χ3n) is 6.86. The van der Waals surface area contributed by atoms with Crippen molar-refractivity contribution in [3.05, 3.63) is 104 Å². The molecule has 36 heavy (non-hydrogen) atoms. The van der Waals surface area contributed by atoms with Gasteiger partial charge in [0.05, 0.1) is 37.4 Å². The molecule has 0 amide bonds. The normalized spacial score (nSPS) is 24.3. The lowest BCUT2D eigenvalue weighted by atomic mass is 9.76. The summed E-state index contributed by atoms with van der Waals surface area (Å²) in [5.74, 6) is -1.47. The Hall–Kier alpha value is -3.63. The fraction of sp³-hybridized carbons (Fsp3) is 0.240. The molecule has 1 saturated carbocycles. The van der Waals surface area contributed by atoms with E-state index in [4.69, 9.17) is 11.6 Å². The minimum atomic E-state index is -1.09. The lowest BCUT2D eigenvalue weighted by Gasteiger charge is -2.38. The summed E-state index contributed by atoms with van der Waals surface area (Å²) in [6.07, 6.45) is 0.576. The van der Waals surface area contributed by atoms with Crippen molar-refractivity contribution < 1.29 is 19.7 Å². The van der Waals surface area contributed by atoms with Gasteiger partial charge in [0.2, 0.25) is 0 Å². The van der Waals surface area contributed by atoms with Crippen LogP contribution in [0, 0.1) is 26.1 Å². The molecule has 11 heteroatoms. The highest BCUT2D eigenvalue weighted by molar-refractivity contribution is 8.00. The first-order chi connectivity index (χ1) is 17.3. The van der Waals surface area contributed by atoms with Gasteiger partial charge in [-0.15, -0.1) is 23.4 Å². The average Bonchev–Trinajstić information content (AvgIpc) is 3.19. The van der Waals surface area contributed by atoms with Gasteiger partial charge in [-0.1, -0.05) is 36.4 Å². The third kappa shape index (κ3) is 4.16. The Balaban J connectivity index is 1.59. The minimum absolute atomic E-state index is 0.00293. The quantitative estimate of drug-likeness (QED) is 0.219. The van der Waals surface area contributed by atoms with Crippen molar-refractivity contribution in [3.63, 3.8) is 0 Å². The number of hydrogen-bond acceptors (Lipinski definition) is 7. The summed E-state index contributed by atoms with van der Waals surface area (Å²) in [6.45, 7) is 0. The number of rotatable bonds is 6. The zero-order valence-corrected chi connectivity index (χ0v) is 20.2. The van der Waals surface area contributed by atoms with Gasteiger partial charge in [0, 0.05) is 29.4 Å². The van der Waals surface area contributed by atoms with Crippen LogP contribution in [0.3, 0.4) is 0 Å². The van der Waals surface area contributed by atoms with Crippen LogP contribution in [-0.2, 0) is 0 Å². The van der Waals surface area contributed by atoms with E-state index in [1.54, 1.807) is 36.4 Å². The van der Waals surface area contributed by atoms with Crippen LogP contribution in [0.1, 0.15) is 39.9 Å². The Labute approximate surface area is 214 Å². The van der Waals surface area contributed by atoms with Crippen molar-refractivity contribution in [2.45, 2.75) is 33.9 Å². The fourth-order valence-electron chi connectivity index (χ4n) is 5.35. The molecule has 9 nitrogen and oxygen atoms in total. The molecule has 0 unspecified atom stereocenters. The minimum Gasteiger partial charge on any atom is -0.478 e. The summed E-state index contributed by atoms with van der Waals surface area (Å²) in [6, 6.07) is 17.4. The van der Waals surface area contributed by atoms with E-state index in [2.05, 4.69) is 5.32 Å². The molecular formula is C25H20ClN3O6S. The van der Waals surface area contributed by atoms with Gasteiger partial charge in [-0.25, -0.2) is 4.79 Å². The largest absolute Gasteiger partial charge is 0.478 e. The molecule has 2 N–H and O–H groups in total. The molecule has 3 aromatic rings. The van der Waals surface area contributed by atoms with Crippen LogP contribution in [-0.4, -0.2) is 31.5 Å². The monoisotopic (exact) mass is 525 g/mol. The number of anilines is 1. The molecule has 1 aliphatic carbocycles. The van der Waals surface area contributed by atoms with Crippen LogP contribution in [0.2, 0.25) is 0 Å². The van der Waals surface area contributed by atoms with Crippen LogP contribution in [0.5, 0.6) is 0 Å². The first kappa shape index (κ1) is 24.1. The van der Waals surface area contributed by atoms with Crippen molar-refractivity contribution in [2.75, 3.05) is 5.32 Å². The number of nitro groups is 2. The van der Waals surface area contributed by atoms with Crippen molar-refractivity contribution in [3.8, 4) is 0 Å². The van der Waals surface area contributed by atoms with Crippen LogP contribution in [0.4, 0.5) is 17.1 Å². The first-order valence-electron chi connectivity index (χ1n) is 11.2. The van der Waals surface area contributed by atoms with Gasteiger partial charge in [-0.05, 0) is 35.6 Å². The Morgan fingerprint density at radius 1 is 1.03 bits per heavy atom. The molecule has 5 atom stereocenters. The van der Waals surface area contributed by atoms with E-state index < -0.39 is 27.2 Å². The van der Waals surface area contributed by atoms with Crippen LogP contribution >= 0.6 is 23.4 Å². The Morgan fingerprint density at radius 3 is 2.50 bits per heavy atom. The molecule has 3 aromatic carbocycles. The molecule has 0 radical (unpaired) electrons. The van der Waals surface area contributed by atoms with Crippen LogP contribution < -0.4 is 5.32 Å². The van der Waals surface area contributed by atoms with E-state index in [9.17, 15) is 30.1 Å². The number of carboxylic acid groups (broad SMARTS) is 1. The van der Waals surface area contributed by atoms with Crippen LogP contribution in [0.25, 0.3) is 0 Å². The number of fused-ring (bicyclic) bond motifs is 3. The van der Waals surface area contributed by atoms with Gasteiger partial charge in [-0.2, -0.15) is 0 Å². The highest BCUT2D eigenvalue weighted by Crippen LogP contribution is 2.58. The number of alkyl halides is 1. The summed E-state index contributed by atoms with van der Waals surface area (Å²) in [5.41, 5.74) is 1.92. The summed E-state index contributed by atoms with van der Waals surface area (Å²) in [7, 11) is 0. The number of benzene rings is 3. The Bertz CT molecular complexity index is 1390. The molecule has 2 aliphatic rings. The smallest absolute Gasteiger partial charge is 0.337 e. The lowest BCUT2D eigenvalue weighted by molar-refractivity contribution is -0.387. The van der Waals surface area contributed by atoms with Crippen molar-refractivity contribution in [2.24, 2.45) is 5.92 Å². The van der Waals surface area contributed by atoms with E-state index in [0.29, 0.717) is 22.6 Å². The maximum absolute atomic E-state index is 12.0. The second-order valence-corrected chi connectivity index (χ2v) is 10.6. The van der Waals surface area contributed by atoms with Crippen molar-refractivity contribution >= 4 is 46.4 Å². The summed E-state index contributed by atoms with van der Waals surface area (Å²) < 4.78 is 0. The van der Waals surface area contributed by atoms with E-state index in [1.807, 2.05) is 6.07 Å². The number of para-hydroxylation sites is 2. The molecule has 1 fully saturated rings. The number of carboxylic acids is 1. The second-order valence-electron chi connectivity index (χ2n) is 8.80. The van der Waals surface area contributed by atoms with Gasteiger partial charge >= 0.3 is 5.97 Å². The zero-order valence-electron chi connectivity index (χ0n) is 18.6. The number of nitrogens with zero attached hydrogens (tertiary/aromatic N) is 2. The summed E-state index contributed by atoms with van der Waals surface area (Å²) in [4.78, 5) is 34.6. The van der Waals surface area contributed by atoms with Gasteiger partial charge in [-0.3, -0.25) is 20.2 Å². The number of nitro benzene ring substituents is 2. The third-order valence-corrected chi connectivity index (χ3v) is 8.97. The highest BCUT2D eigenvalue weighted by atomic mass is 35.5.